The van der Waals surface area contributed by atoms with Crippen molar-refractivity contribution >= 4 is 5.97 Å². The lowest BCUT2D eigenvalue weighted by Gasteiger charge is -2.20. The Labute approximate surface area is 59.6 Å². The molecule has 0 bridgehead atoms. The molecule has 1 aliphatic rings. The largest absolute Gasteiger partial charge is 0.480 e. The first-order valence-electron chi connectivity index (χ1n) is 3.17. The Morgan fingerprint density at radius 2 is 1.90 bits per heavy atom. The molecule has 1 unspecified atom stereocenters. The molecule has 0 radical (unpaired) electrons. The summed E-state index contributed by atoms with van der Waals surface area (Å²) in [6.45, 7) is 5.15. The summed E-state index contributed by atoms with van der Waals surface area (Å²) < 4.78 is 9.94. The van der Waals surface area contributed by atoms with Crippen molar-refractivity contribution in [2.45, 2.75) is 26.9 Å². The SMILES string of the molecule is CC1=C(C)OC(C)C(=O)O1. The van der Waals surface area contributed by atoms with Crippen LogP contribution < -0.4 is 0 Å². The molecule has 10 heavy (non-hydrogen) atoms. The second-order valence-electron chi connectivity index (χ2n) is 2.29. The summed E-state index contributed by atoms with van der Waals surface area (Å²) in [5.74, 6) is 0.929. The molecule has 1 heterocycles. The van der Waals surface area contributed by atoms with Crippen molar-refractivity contribution in [2.24, 2.45) is 0 Å². The molecule has 0 aliphatic carbocycles. The van der Waals surface area contributed by atoms with E-state index in [2.05, 4.69) is 0 Å². The maximum Gasteiger partial charge on any atom is 0.352 e. The number of hydrogen-bond donors (Lipinski definition) is 0. The standard InChI is InChI=1S/C7H10O3/c1-4-5(2)10-7(8)6(3)9-4/h6H,1-3H3. The summed E-state index contributed by atoms with van der Waals surface area (Å²) in [6.07, 6.45) is -0.455. The predicted octanol–water partition coefficient (Wildman–Crippen LogP) is 1.20. The first kappa shape index (κ1) is 7.12. The molecule has 0 saturated carbocycles. The molecule has 0 aromatic carbocycles. The van der Waals surface area contributed by atoms with Crippen LogP contribution in [0.25, 0.3) is 0 Å². The molecular formula is C7H10O3. The number of cyclic esters (lactones) is 1. The molecule has 0 N–H and O–H groups in total. The van der Waals surface area contributed by atoms with Gasteiger partial charge in [-0.2, -0.15) is 0 Å². The molecule has 3 nitrogen and oxygen atoms in total. The van der Waals surface area contributed by atoms with E-state index in [9.17, 15) is 4.79 Å². The van der Waals surface area contributed by atoms with Crippen LogP contribution in [0.1, 0.15) is 20.8 Å². The van der Waals surface area contributed by atoms with Crippen molar-refractivity contribution in [3.8, 4) is 0 Å². The van der Waals surface area contributed by atoms with Crippen LogP contribution in [0.2, 0.25) is 0 Å². The topological polar surface area (TPSA) is 35.5 Å². The molecule has 0 amide bonds. The highest BCUT2D eigenvalue weighted by atomic mass is 16.6. The van der Waals surface area contributed by atoms with Gasteiger partial charge in [0.15, 0.2) is 6.10 Å². The van der Waals surface area contributed by atoms with Crippen molar-refractivity contribution < 1.29 is 14.3 Å². The first-order valence-corrected chi connectivity index (χ1v) is 3.17. The fourth-order valence-electron chi connectivity index (χ4n) is 0.702. The monoisotopic (exact) mass is 142 g/mol. The van der Waals surface area contributed by atoms with E-state index < -0.39 is 6.10 Å². The Balaban J connectivity index is 2.79. The van der Waals surface area contributed by atoms with E-state index in [-0.39, 0.29) is 5.97 Å². The molecule has 0 spiro atoms. The van der Waals surface area contributed by atoms with Gasteiger partial charge in [-0.3, -0.25) is 0 Å². The van der Waals surface area contributed by atoms with E-state index in [0.717, 1.165) is 0 Å². The number of allylic oxidation sites excluding steroid dienone is 2. The lowest BCUT2D eigenvalue weighted by Crippen LogP contribution is -2.27. The van der Waals surface area contributed by atoms with Crippen LogP contribution in [0.4, 0.5) is 0 Å². The number of hydrogen-bond acceptors (Lipinski definition) is 3. The summed E-state index contributed by atoms with van der Waals surface area (Å²) in [5.41, 5.74) is 0. The molecule has 0 fully saturated rings. The van der Waals surface area contributed by atoms with Gasteiger partial charge in [0.05, 0.1) is 0 Å². The van der Waals surface area contributed by atoms with Crippen LogP contribution in [0, 0.1) is 0 Å². The van der Waals surface area contributed by atoms with E-state index in [1.807, 2.05) is 0 Å². The van der Waals surface area contributed by atoms with Crippen LogP contribution in [0.3, 0.4) is 0 Å². The zero-order valence-electron chi connectivity index (χ0n) is 6.30. The number of esters is 1. The Kier molecular flexibility index (Phi) is 1.66. The fraction of sp³-hybridized carbons (Fsp3) is 0.571. The van der Waals surface area contributed by atoms with E-state index in [1.54, 1.807) is 20.8 Å². The minimum atomic E-state index is -0.455. The van der Waals surface area contributed by atoms with Gasteiger partial charge in [0.2, 0.25) is 0 Å². The van der Waals surface area contributed by atoms with Gasteiger partial charge in [0, 0.05) is 0 Å². The molecule has 1 aliphatic heterocycles. The second kappa shape index (κ2) is 2.33. The highest BCUT2D eigenvalue weighted by Crippen LogP contribution is 2.16. The average molecular weight is 142 g/mol. The summed E-state index contributed by atoms with van der Waals surface area (Å²) >= 11 is 0. The van der Waals surface area contributed by atoms with E-state index in [1.165, 1.54) is 0 Å². The van der Waals surface area contributed by atoms with Gasteiger partial charge in [0.1, 0.15) is 11.5 Å². The van der Waals surface area contributed by atoms with Crippen molar-refractivity contribution in [2.75, 3.05) is 0 Å². The van der Waals surface area contributed by atoms with Crippen molar-refractivity contribution in [3.05, 3.63) is 11.5 Å². The number of carbonyl (C=O) groups excluding carboxylic acids is 1. The Morgan fingerprint density at radius 1 is 1.30 bits per heavy atom. The van der Waals surface area contributed by atoms with E-state index in [4.69, 9.17) is 9.47 Å². The Morgan fingerprint density at radius 3 is 2.40 bits per heavy atom. The fourth-order valence-corrected chi connectivity index (χ4v) is 0.702. The third-order valence-electron chi connectivity index (χ3n) is 1.43. The molecule has 1 atom stereocenters. The Bertz CT molecular complexity index is 193. The average Bonchev–Trinajstić information content (AvgIpc) is 1.84. The quantitative estimate of drug-likeness (QED) is 0.477. The molecule has 3 heteroatoms. The summed E-state index contributed by atoms with van der Waals surface area (Å²) in [4.78, 5) is 10.8. The zero-order chi connectivity index (χ0) is 7.72. The predicted molar refractivity (Wildman–Crippen MR) is 35.0 cm³/mol. The smallest absolute Gasteiger partial charge is 0.352 e. The van der Waals surface area contributed by atoms with Gasteiger partial charge in [-0.25, -0.2) is 4.79 Å². The maximum absolute atomic E-state index is 10.8. The third kappa shape index (κ3) is 1.12. The zero-order valence-corrected chi connectivity index (χ0v) is 6.30. The van der Waals surface area contributed by atoms with Gasteiger partial charge < -0.3 is 9.47 Å². The first-order chi connectivity index (χ1) is 4.61. The molecular weight excluding hydrogens is 132 g/mol. The van der Waals surface area contributed by atoms with E-state index >= 15 is 0 Å². The van der Waals surface area contributed by atoms with Crippen LogP contribution in [0.15, 0.2) is 11.5 Å². The number of ether oxygens (including phenoxy) is 2. The highest BCUT2D eigenvalue weighted by Gasteiger charge is 2.23. The summed E-state index contributed by atoms with van der Waals surface area (Å²) in [6, 6.07) is 0. The van der Waals surface area contributed by atoms with Gasteiger partial charge in [-0.15, -0.1) is 0 Å². The lowest BCUT2D eigenvalue weighted by atomic mass is 10.3. The second-order valence-corrected chi connectivity index (χ2v) is 2.29. The van der Waals surface area contributed by atoms with Crippen LogP contribution in [-0.4, -0.2) is 12.1 Å². The molecule has 0 aromatic heterocycles. The minimum Gasteiger partial charge on any atom is -0.480 e. The van der Waals surface area contributed by atoms with Crippen LogP contribution in [-0.2, 0) is 14.3 Å². The van der Waals surface area contributed by atoms with Gasteiger partial charge in [-0.1, -0.05) is 0 Å². The maximum atomic E-state index is 10.8. The van der Waals surface area contributed by atoms with E-state index in [0.29, 0.717) is 11.5 Å². The number of carbonyl (C=O) groups is 1. The van der Waals surface area contributed by atoms with Crippen molar-refractivity contribution in [1.82, 2.24) is 0 Å². The van der Waals surface area contributed by atoms with Gasteiger partial charge in [-0.05, 0) is 20.8 Å². The normalized spacial score (nSPS) is 25.9. The van der Waals surface area contributed by atoms with Crippen molar-refractivity contribution in [3.63, 3.8) is 0 Å². The number of rotatable bonds is 0. The highest BCUT2D eigenvalue weighted by molar-refractivity contribution is 5.76. The molecule has 0 saturated heterocycles. The van der Waals surface area contributed by atoms with Gasteiger partial charge in [0.25, 0.3) is 0 Å². The lowest BCUT2D eigenvalue weighted by molar-refractivity contribution is -0.154. The minimum absolute atomic E-state index is 0.317. The van der Waals surface area contributed by atoms with Gasteiger partial charge >= 0.3 is 5.97 Å². The van der Waals surface area contributed by atoms with Crippen molar-refractivity contribution in [1.29, 1.82) is 0 Å². The summed E-state index contributed by atoms with van der Waals surface area (Å²) in [5, 5.41) is 0. The van der Waals surface area contributed by atoms with Crippen LogP contribution >= 0.6 is 0 Å². The Hall–Kier alpha value is -0.990. The third-order valence-corrected chi connectivity index (χ3v) is 1.43. The molecule has 1 rings (SSSR count). The molecule has 56 valence electrons. The molecule has 0 aromatic rings. The summed E-state index contributed by atoms with van der Waals surface area (Å²) in [7, 11) is 0. The van der Waals surface area contributed by atoms with Crippen LogP contribution in [0.5, 0.6) is 0 Å².